The van der Waals surface area contributed by atoms with Crippen LogP contribution in [-0.2, 0) is 9.53 Å². The number of nitrogens with zero attached hydrogens (tertiary/aromatic N) is 1. The number of rotatable bonds is 6. The van der Waals surface area contributed by atoms with Gasteiger partial charge >= 0.3 is 0 Å². The fraction of sp³-hybridized carbons (Fsp3) is 0.929. The van der Waals surface area contributed by atoms with Gasteiger partial charge in [-0.2, -0.15) is 0 Å². The quantitative estimate of drug-likeness (QED) is 0.783. The Hall–Kier alpha value is -0.610. The number of likely N-dealkylation sites (tertiary alicyclic amines) is 1. The first-order valence-electron chi connectivity index (χ1n) is 7.18. The molecule has 18 heavy (non-hydrogen) atoms. The fourth-order valence-electron chi connectivity index (χ4n) is 2.63. The summed E-state index contributed by atoms with van der Waals surface area (Å²) in [5, 5.41) is 9.47. The van der Waals surface area contributed by atoms with Crippen LogP contribution in [0.4, 0.5) is 0 Å². The number of ether oxygens (including phenoxy) is 1. The van der Waals surface area contributed by atoms with Gasteiger partial charge in [0.15, 0.2) is 0 Å². The maximum Gasteiger partial charge on any atom is 0.251 e. The van der Waals surface area contributed by atoms with E-state index in [1.165, 1.54) is 12.8 Å². The second-order valence-electron chi connectivity index (χ2n) is 5.83. The van der Waals surface area contributed by atoms with Crippen LogP contribution >= 0.6 is 0 Å². The van der Waals surface area contributed by atoms with Crippen molar-refractivity contribution >= 4 is 5.91 Å². The average Bonchev–Trinajstić information content (AvgIpc) is 3.04. The molecule has 0 bridgehead atoms. The lowest BCUT2D eigenvalue weighted by atomic mass is 10.1. The molecule has 1 saturated heterocycles. The third-order valence-corrected chi connectivity index (χ3v) is 3.90. The Morgan fingerprint density at radius 2 is 2.11 bits per heavy atom. The van der Waals surface area contributed by atoms with Crippen molar-refractivity contribution in [1.82, 2.24) is 4.90 Å². The Bertz CT molecular complexity index is 289. The van der Waals surface area contributed by atoms with Gasteiger partial charge in [-0.05, 0) is 51.9 Å². The number of carbonyl (C=O) groups excluding carboxylic acids is 1. The molecule has 4 heteroatoms. The second kappa shape index (κ2) is 6.02. The molecule has 2 fully saturated rings. The summed E-state index contributed by atoms with van der Waals surface area (Å²) in [6, 6.07) is 0.199. The molecule has 1 amide bonds. The zero-order valence-electron chi connectivity index (χ0n) is 11.5. The van der Waals surface area contributed by atoms with Crippen molar-refractivity contribution in [1.29, 1.82) is 0 Å². The minimum Gasteiger partial charge on any atom is -0.393 e. The van der Waals surface area contributed by atoms with Crippen LogP contribution in [0.2, 0.25) is 0 Å². The van der Waals surface area contributed by atoms with Crippen LogP contribution in [0.5, 0.6) is 0 Å². The predicted octanol–water partition coefficient (Wildman–Crippen LogP) is 1.56. The highest BCUT2D eigenvalue weighted by Crippen LogP contribution is 2.29. The highest BCUT2D eigenvalue weighted by atomic mass is 16.5. The van der Waals surface area contributed by atoms with Crippen molar-refractivity contribution in [2.45, 2.75) is 64.2 Å². The first-order valence-corrected chi connectivity index (χ1v) is 7.18. The van der Waals surface area contributed by atoms with Gasteiger partial charge < -0.3 is 14.7 Å². The summed E-state index contributed by atoms with van der Waals surface area (Å²) in [6.07, 6.45) is 4.54. The highest BCUT2D eigenvalue weighted by Gasteiger charge is 2.33. The van der Waals surface area contributed by atoms with Crippen LogP contribution < -0.4 is 0 Å². The number of hydrogen-bond acceptors (Lipinski definition) is 3. The van der Waals surface area contributed by atoms with Crippen molar-refractivity contribution in [3.63, 3.8) is 0 Å². The summed E-state index contributed by atoms with van der Waals surface area (Å²) < 4.78 is 5.64. The summed E-state index contributed by atoms with van der Waals surface area (Å²) in [4.78, 5) is 14.2. The van der Waals surface area contributed by atoms with E-state index in [1.54, 1.807) is 6.92 Å². The normalized spacial score (nSPS) is 27.3. The summed E-state index contributed by atoms with van der Waals surface area (Å²) >= 11 is 0. The third-order valence-electron chi connectivity index (χ3n) is 3.90. The molecule has 1 heterocycles. The fourth-order valence-corrected chi connectivity index (χ4v) is 2.63. The van der Waals surface area contributed by atoms with Gasteiger partial charge in [0.05, 0.1) is 12.7 Å². The van der Waals surface area contributed by atoms with Crippen LogP contribution in [-0.4, -0.2) is 47.3 Å². The molecule has 104 valence electrons. The zero-order chi connectivity index (χ0) is 13.1. The van der Waals surface area contributed by atoms with Crippen molar-refractivity contribution in [3.8, 4) is 0 Å². The zero-order valence-corrected chi connectivity index (χ0v) is 11.5. The van der Waals surface area contributed by atoms with Crippen molar-refractivity contribution in [2.75, 3.05) is 13.2 Å². The molecule has 4 nitrogen and oxygen atoms in total. The molecule has 1 aliphatic heterocycles. The van der Waals surface area contributed by atoms with E-state index < -0.39 is 0 Å². The molecular formula is C14H25NO3. The maximum absolute atomic E-state index is 12.3. The Balaban J connectivity index is 1.81. The molecule has 3 unspecified atom stereocenters. The van der Waals surface area contributed by atoms with Gasteiger partial charge in [-0.1, -0.05) is 0 Å². The van der Waals surface area contributed by atoms with Gasteiger partial charge in [-0.25, -0.2) is 0 Å². The van der Waals surface area contributed by atoms with Gasteiger partial charge in [0.1, 0.15) is 6.10 Å². The highest BCUT2D eigenvalue weighted by molar-refractivity contribution is 5.81. The van der Waals surface area contributed by atoms with E-state index in [2.05, 4.69) is 0 Å². The maximum atomic E-state index is 12.3. The minimum absolute atomic E-state index is 0.0961. The summed E-state index contributed by atoms with van der Waals surface area (Å²) in [7, 11) is 0. The Morgan fingerprint density at radius 1 is 1.39 bits per heavy atom. The van der Waals surface area contributed by atoms with E-state index >= 15 is 0 Å². The minimum atomic E-state index is -0.342. The molecule has 1 N–H and O–H groups in total. The first kappa shape index (κ1) is 13.8. The van der Waals surface area contributed by atoms with Crippen LogP contribution in [0.25, 0.3) is 0 Å². The summed E-state index contributed by atoms with van der Waals surface area (Å²) in [5.41, 5.74) is 0. The Kier molecular flexibility index (Phi) is 4.62. The largest absolute Gasteiger partial charge is 0.393 e. The topological polar surface area (TPSA) is 49.8 Å². The molecular weight excluding hydrogens is 230 g/mol. The Morgan fingerprint density at radius 3 is 2.72 bits per heavy atom. The predicted molar refractivity (Wildman–Crippen MR) is 69.2 cm³/mol. The number of amides is 1. The first-order chi connectivity index (χ1) is 8.58. The molecule has 0 aromatic carbocycles. The molecule has 0 aromatic heterocycles. The molecule has 2 rings (SSSR count). The van der Waals surface area contributed by atoms with Gasteiger partial charge in [-0.15, -0.1) is 0 Å². The SMILES string of the molecule is CC(O)CC1CCCN1C(=O)C(C)OCC1CC1. The van der Waals surface area contributed by atoms with Crippen LogP contribution in [0.15, 0.2) is 0 Å². The van der Waals surface area contributed by atoms with Gasteiger partial charge in [0, 0.05) is 12.6 Å². The molecule has 0 spiro atoms. The third kappa shape index (κ3) is 3.69. The lowest BCUT2D eigenvalue weighted by molar-refractivity contribution is -0.144. The average molecular weight is 255 g/mol. The van der Waals surface area contributed by atoms with Gasteiger partial charge in [0.2, 0.25) is 0 Å². The number of aliphatic hydroxyl groups is 1. The molecule has 0 radical (unpaired) electrons. The van der Waals surface area contributed by atoms with E-state index in [1.807, 2.05) is 11.8 Å². The number of aliphatic hydroxyl groups excluding tert-OH is 1. The number of hydrogen-bond donors (Lipinski definition) is 1. The number of carbonyl (C=O) groups is 1. The molecule has 2 aliphatic rings. The van der Waals surface area contributed by atoms with E-state index in [0.717, 1.165) is 26.0 Å². The monoisotopic (exact) mass is 255 g/mol. The van der Waals surface area contributed by atoms with E-state index in [-0.39, 0.29) is 24.2 Å². The van der Waals surface area contributed by atoms with Crippen LogP contribution in [0.1, 0.15) is 46.0 Å². The lowest BCUT2D eigenvalue weighted by Gasteiger charge is -2.28. The van der Waals surface area contributed by atoms with Crippen LogP contribution in [0.3, 0.4) is 0 Å². The van der Waals surface area contributed by atoms with Crippen molar-refractivity contribution in [3.05, 3.63) is 0 Å². The van der Waals surface area contributed by atoms with Crippen LogP contribution in [0, 0.1) is 5.92 Å². The van der Waals surface area contributed by atoms with E-state index in [4.69, 9.17) is 4.74 Å². The van der Waals surface area contributed by atoms with Crippen molar-refractivity contribution < 1.29 is 14.6 Å². The van der Waals surface area contributed by atoms with E-state index in [9.17, 15) is 9.90 Å². The molecule has 1 saturated carbocycles. The Labute approximate surface area is 109 Å². The second-order valence-corrected chi connectivity index (χ2v) is 5.83. The van der Waals surface area contributed by atoms with Gasteiger partial charge in [-0.3, -0.25) is 4.79 Å². The molecule has 0 aromatic rings. The smallest absolute Gasteiger partial charge is 0.251 e. The summed E-state index contributed by atoms with van der Waals surface area (Å²) in [5.74, 6) is 0.783. The molecule has 1 aliphatic carbocycles. The van der Waals surface area contributed by atoms with E-state index in [0.29, 0.717) is 12.3 Å². The summed E-state index contributed by atoms with van der Waals surface area (Å²) in [6.45, 7) is 5.17. The van der Waals surface area contributed by atoms with Crippen molar-refractivity contribution in [2.24, 2.45) is 5.92 Å². The lowest BCUT2D eigenvalue weighted by Crippen LogP contribution is -2.43. The van der Waals surface area contributed by atoms with Gasteiger partial charge in [0.25, 0.3) is 5.91 Å². The molecule has 3 atom stereocenters. The standard InChI is InChI=1S/C14H25NO3/c1-10(16)8-13-4-3-7-15(13)14(17)11(2)18-9-12-5-6-12/h10-13,16H,3-9H2,1-2H3.